The number of amides is 1. The number of carbonyl (C=O) groups excluding carboxylic acids is 2. The van der Waals surface area contributed by atoms with E-state index in [-0.39, 0.29) is 5.91 Å². The first-order chi connectivity index (χ1) is 6.81. The lowest BCUT2D eigenvalue weighted by Crippen LogP contribution is -2.24. The highest BCUT2D eigenvalue weighted by Gasteiger charge is 1.99. The van der Waals surface area contributed by atoms with Crippen molar-refractivity contribution in [1.82, 2.24) is 5.32 Å². The van der Waals surface area contributed by atoms with Crippen LogP contribution in [0.1, 0.15) is 38.5 Å². The summed E-state index contributed by atoms with van der Waals surface area (Å²) in [6.45, 7) is 1.39. The van der Waals surface area contributed by atoms with Crippen LogP contribution in [0.5, 0.6) is 0 Å². The van der Waals surface area contributed by atoms with Crippen molar-refractivity contribution in [2.75, 3.05) is 13.1 Å². The summed E-state index contributed by atoms with van der Waals surface area (Å²) in [4.78, 5) is 21.1. The van der Waals surface area contributed by atoms with E-state index in [1.165, 1.54) is 0 Å². The summed E-state index contributed by atoms with van der Waals surface area (Å²) in [6.07, 6.45) is 5.46. The number of aldehydes is 1. The van der Waals surface area contributed by atoms with Gasteiger partial charge in [0.25, 0.3) is 0 Å². The highest BCUT2D eigenvalue weighted by Crippen LogP contribution is 1.97. The van der Waals surface area contributed by atoms with Crippen molar-refractivity contribution in [3.63, 3.8) is 0 Å². The lowest BCUT2D eigenvalue weighted by Gasteiger charge is -2.03. The van der Waals surface area contributed by atoms with E-state index in [0.717, 1.165) is 32.0 Å². The number of nitrogens with one attached hydrogen (secondary N) is 1. The van der Waals surface area contributed by atoms with E-state index in [1.807, 2.05) is 0 Å². The fourth-order valence-electron chi connectivity index (χ4n) is 1.10. The maximum absolute atomic E-state index is 11.1. The fourth-order valence-corrected chi connectivity index (χ4v) is 1.10. The second-order valence-corrected chi connectivity index (χ2v) is 3.26. The van der Waals surface area contributed by atoms with Crippen LogP contribution in [0.3, 0.4) is 0 Å². The smallest absolute Gasteiger partial charge is 0.219 e. The predicted octanol–water partition coefficient (Wildman–Crippen LogP) is 0.601. The Morgan fingerprint density at radius 2 is 2.00 bits per heavy atom. The average Bonchev–Trinajstić information content (AvgIpc) is 2.19. The SMILES string of the molecule is NCCCCNC(=O)CCCCC=O. The molecule has 0 aliphatic rings. The third-order valence-corrected chi connectivity index (χ3v) is 1.93. The summed E-state index contributed by atoms with van der Waals surface area (Å²) in [5.41, 5.74) is 5.31. The number of nitrogens with two attached hydrogens (primary N) is 1. The summed E-state index contributed by atoms with van der Waals surface area (Å²) >= 11 is 0. The molecule has 0 saturated heterocycles. The van der Waals surface area contributed by atoms with Gasteiger partial charge in [-0.1, -0.05) is 0 Å². The van der Waals surface area contributed by atoms with Gasteiger partial charge in [-0.15, -0.1) is 0 Å². The first-order valence-corrected chi connectivity index (χ1v) is 5.21. The van der Waals surface area contributed by atoms with E-state index in [2.05, 4.69) is 5.32 Å². The van der Waals surface area contributed by atoms with Gasteiger partial charge < -0.3 is 15.8 Å². The largest absolute Gasteiger partial charge is 0.356 e. The zero-order valence-corrected chi connectivity index (χ0v) is 8.63. The third kappa shape index (κ3) is 9.19. The molecule has 1 amide bonds. The van der Waals surface area contributed by atoms with E-state index in [1.54, 1.807) is 0 Å². The van der Waals surface area contributed by atoms with Gasteiger partial charge in [-0.2, -0.15) is 0 Å². The van der Waals surface area contributed by atoms with Crippen LogP contribution in [0.25, 0.3) is 0 Å². The van der Waals surface area contributed by atoms with Crippen LogP contribution in [0.4, 0.5) is 0 Å². The Morgan fingerprint density at radius 3 is 2.64 bits per heavy atom. The average molecular weight is 200 g/mol. The molecule has 0 aromatic heterocycles. The van der Waals surface area contributed by atoms with Crippen LogP contribution in [-0.2, 0) is 9.59 Å². The second-order valence-electron chi connectivity index (χ2n) is 3.26. The first-order valence-electron chi connectivity index (χ1n) is 5.21. The molecule has 0 heterocycles. The van der Waals surface area contributed by atoms with Gasteiger partial charge in [0.05, 0.1) is 0 Å². The van der Waals surface area contributed by atoms with E-state index < -0.39 is 0 Å². The molecule has 0 fully saturated rings. The fraction of sp³-hybridized carbons (Fsp3) is 0.800. The number of carbonyl (C=O) groups is 2. The summed E-state index contributed by atoms with van der Waals surface area (Å²) in [6, 6.07) is 0. The van der Waals surface area contributed by atoms with Gasteiger partial charge in [-0.25, -0.2) is 0 Å². The van der Waals surface area contributed by atoms with Crippen LogP contribution in [0.2, 0.25) is 0 Å². The van der Waals surface area contributed by atoms with E-state index in [4.69, 9.17) is 5.73 Å². The van der Waals surface area contributed by atoms with Gasteiger partial charge in [0.1, 0.15) is 6.29 Å². The quantitative estimate of drug-likeness (QED) is 0.423. The minimum atomic E-state index is 0.0768. The van der Waals surface area contributed by atoms with Crippen molar-refractivity contribution in [2.45, 2.75) is 38.5 Å². The van der Waals surface area contributed by atoms with Crippen LogP contribution in [-0.4, -0.2) is 25.3 Å². The maximum atomic E-state index is 11.1. The Balaban J connectivity index is 3.15. The Morgan fingerprint density at radius 1 is 1.21 bits per heavy atom. The standard InChI is InChI=1S/C10H20N2O2/c11-7-3-4-8-12-10(14)6-2-1-5-9-13/h9H,1-8,11H2,(H,12,14). The normalized spacial score (nSPS) is 9.79. The molecule has 14 heavy (non-hydrogen) atoms. The number of hydrogen-bond donors (Lipinski definition) is 2. The molecule has 0 saturated carbocycles. The second kappa shape index (κ2) is 10.2. The van der Waals surface area contributed by atoms with E-state index >= 15 is 0 Å². The molecule has 3 N–H and O–H groups in total. The zero-order chi connectivity index (χ0) is 10.6. The minimum absolute atomic E-state index is 0.0768. The molecule has 82 valence electrons. The van der Waals surface area contributed by atoms with Crippen LogP contribution in [0, 0.1) is 0 Å². The molecule has 0 rings (SSSR count). The molecule has 0 radical (unpaired) electrons. The number of unbranched alkanes of at least 4 members (excludes halogenated alkanes) is 3. The topological polar surface area (TPSA) is 72.2 Å². The van der Waals surface area contributed by atoms with Gasteiger partial charge in [0, 0.05) is 19.4 Å². The van der Waals surface area contributed by atoms with Crippen molar-refractivity contribution in [2.24, 2.45) is 5.73 Å². The van der Waals surface area contributed by atoms with Crippen LogP contribution in [0.15, 0.2) is 0 Å². The monoisotopic (exact) mass is 200 g/mol. The summed E-state index contributed by atoms with van der Waals surface area (Å²) < 4.78 is 0. The highest BCUT2D eigenvalue weighted by molar-refractivity contribution is 5.75. The lowest BCUT2D eigenvalue weighted by atomic mass is 10.2. The van der Waals surface area contributed by atoms with Crippen LogP contribution < -0.4 is 11.1 Å². The van der Waals surface area contributed by atoms with Crippen molar-refractivity contribution in [3.8, 4) is 0 Å². The Hall–Kier alpha value is -0.900. The first kappa shape index (κ1) is 13.1. The molecule has 4 heteroatoms. The molecular weight excluding hydrogens is 180 g/mol. The highest BCUT2D eigenvalue weighted by atomic mass is 16.1. The van der Waals surface area contributed by atoms with Gasteiger partial charge in [0.2, 0.25) is 5.91 Å². The molecule has 0 aromatic rings. The third-order valence-electron chi connectivity index (χ3n) is 1.93. The predicted molar refractivity (Wildman–Crippen MR) is 55.8 cm³/mol. The summed E-state index contributed by atoms with van der Waals surface area (Å²) in [5.74, 6) is 0.0768. The van der Waals surface area contributed by atoms with Crippen molar-refractivity contribution < 1.29 is 9.59 Å². The maximum Gasteiger partial charge on any atom is 0.219 e. The van der Waals surface area contributed by atoms with E-state index in [0.29, 0.717) is 25.9 Å². The Kier molecular flexibility index (Phi) is 9.53. The Labute approximate surface area is 85.2 Å². The molecule has 0 bridgehead atoms. The van der Waals surface area contributed by atoms with Gasteiger partial charge >= 0.3 is 0 Å². The molecule has 0 spiro atoms. The minimum Gasteiger partial charge on any atom is -0.356 e. The number of hydrogen-bond acceptors (Lipinski definition) is 3. The summed E-state index contributed by atoms with van der Waals surface area (Å²) in [7, 11) is 0. The molecule has 0 aliphatic heterocycles. The molecule has 4 nitrogen and oxygen atoms in total. The van der Waals surface area contributed by atoms with Crippen LogP contribution >= 0.6 is 0 Å². The van der Waals surface area contributed by atoms with Crippen molar-refractivity contribution in [1.29, 1.82) is 0 Å². The molecule has 0 aliphatic carbocycles. The molecular formula is C10H20N2O2. The Bertz CT molecular complexity index is 160. The molecule has 0 unspecified atom stereocenters. The van der Waals surface area contributed by atoms with Gasteiger partial charge in [-0.05, 0) is 32.2 Å². The summed E-state index contributed by atoms with van der Waals surface area (Å²) in [5, 5.41) is 2.81. The molecule has 0 aromatic carbocycles. The number of rotatable bonds is 9. The van der Waals surface area contributed by atoms with Gasteiger partial charge in [0.15, 0.2) is 0 Å². The van der Waals surface area contributed by atoms with E-state index in [9.17, 15) is 9.59 Å². The van der Waals surface area contributed by atoms with Crippen molar-refractivity contribution in [3.05, 3.63) is 0 Å². The molecule has 0 atom stereocenters. The van der Waals surface area contributed by atoms with Gasteiger partial charge in [-0.3, -0.25) is 4.79 Å². The van der Waals surface area contributed by atoms with Crippen molar-refractivity contribution >= 4 is 12.2 Å². The zero-order valence-electron chi connectivity index (χ0n) is 8.63. The lowest BCUT2D eigenvalue weighted by molar-refractivity contribution is -0.121.